The van der Waals surface area contributed by atoms with E-state index >= 15 is 0 Å². The Hall–Kier alpha value is -2.23. The Morgan fingerprint density at radius 3 is 1.94 bits per heavy atom. The van der Waals surface area contributed by atoms with Gasteiger partial charge in [-0.3, -0.25) is 4.79 Å². The van der Waals surface area contributed by atoms with Crippen molar-refractivity contribution in [2.45, 2.75) is 110 Å². The van der Waals surface area contributed by atoms with E-state index < -0.39 is 5.97 Å². The molecular formula is C29H44N2O2. The molecule has 0 spiro atoms. The fourth-order valence-electron chi connectivity index (χ4n) is 4.47. The Balaban J connectivity index is 1.89. The van der Waals surface area contributed by atoms with Crippen molar-refractivity contribution in [1.29, 1.82) is 0 Å². The topological polar surface area (TPSA) is 63.1 Å². The molecule has 0 saturated carbocycles. The van der Waals surface area contributed by atoms with Crippen molar-refractivity contribution in [3.8, 4) is 11.4 Å². The Bertz CT molecular complexity index is 786. The van der Waals surface area contributed by atoms with E-state index in [4.69, 9.17) is 0 Å². The number of hydrogen-bond acceptors (Lipinski definition) is 3. The number of carbonyl (C=O) groups is 1. The van der Waals surface area contributed by atoms with Crippen LogP contribution in [0.25, 0.3) is 11.4 Å². The van der Waals surface area contributed by atoms with E-state index in [0.717, 1.165) is 42.6 Å². The van der Waals surface area contributed by atoms with Gasteiger partial charge in [-0.1, -0.05) is 109 Å². The molecule has 4 nitrogen and oxygen atoms in total. The third-order valence-corrected chi connectivity index (χ3v) is 6.76. The van der Waals surface area contributed by atoms with Crippen molar-refractivity contribution in [2.24, 2.45) is 5.92 Å². The van der Waals surface area contributed by atoms with Gasteiger partial charge in [-0.25, -0.2) is 9.97 Å². The van der Waals surface area contributed by atoms with Crippen LogP contribution in [-0.2, 0) is 11.2 Å². The Morgan fingerprint density at radius 2 is 1.36 bits per heavy atom. The number of benzene rings is 1. The van der Waals surface area contributed by atoms with Crippen molar-refractivity contribution in [1.82, 2.24) is 9.97 Å². The molecular weight excluding hydrogens is 408 g/mol. The van der Waals surface area contributed by atoms with Crippen LogP contribution < -0.4 is 0 Å². The average Bonchev–Trinajstić information content (AvgIpc) is 2.83. The first kappa shape index (κ1) is 27.0. The molecule has 0 bridgehead atoms. The number of aromatic nitrogens is 2. The highest BCUT2D eigenvalue weighted by atomic mass is 16.4. The number of hydrogen-bond donors (Lipinski definition) is 1. The summed E-state index contributed by atoms with van der Waals surface area (Å²) in [4.78, 5) is 21.0. The second kappa shape index (κ2) is 15.6. The lowest BCUT2D eigenvalue weighted by Gasteiger charge is -2.21. The van der Waals surface area contributed by atoms with Crippen molar-refractivity contribution in [3.63, 3.8) is 0 Å². The van der Waals surface area contributed by atoms with Crippen LogP contribution >= 0.6 is 0 Å². The van der Waals surface area contributed by atoms with Gasteiger partial charge in [0.2, 0.25) is 0 Å². The van der Waals surface area contributed by atoms with Gasteiger partial charge in [-0.2, -0.15) is 0 Å². The first-order valence-corrected chi connectivity index (χ1v) is 13.2. The van der Waals surface area contributed by atoms with Gasteiger partial charge in [-0.15, -0.1) is 0 Å². The lowest BCUT2D eigenvalue weighted by molar-refractivity contribution is -0.142. The first-order chi connectivity index (χ1) is 16.1. The zero-order valence-corrected chi connectivity index (χ0v) is 21.1. The maximum Gasteiger partial charge on any atom is 0.307 e. The van der Waals surface area contributed by atoms with Crippen LogP contribution in [0.4, 0.5) is 0 Å². The number of aryl methyl sites for hydroxylation is 1. The number of carboxylic acids is 1. The van der Waals surface area contributed by atoms with Crippen molar-refractivity contribution >= 4 is 5.97 Å². The molecule has 2 rings (SSSR count). The van der Waals surface area contributed by atoms with Crippen LogP contribution in [-0.4, -0.2) is 21.0 Å². The summed E-state index contributed by atoms with van der Waals surface area (Å²) in [5.41, 5.74) is 3.24. The van der Waals surface area contributed by atoms with Crippen LogP contribution in [0, 0.1) is 5.92 Å². The van der Waals surface area contributed by atoms with E-state index in [1.165, 1.54) is 63.4 Å². The largest absolute Gasteiger partial charge is 0.481 e. The molecule has 0 radical (unpaired) electrons. The molecule has 33 heavy (non-hydrogen) atoms. The zero-order chi connectivity index (χ0) is 23.9. The van der Waals surface area contributed by atoms with Gasteiger partial charge >= 0.3 is 5.97 Å². The van der Waals surface area contributed by atoms with Gasteiger partial charge < -0.3 is 5.11 Å². The molecule has 1 aromatic carbocycles. The van der Waals surface area contributed by atoms with Gasteiger partial charge in [0.25, 0.3) is 0 Å². The summed E-state index contributed by atoms with van der Waals surface area (Å²) in [6.45, 7) is 6.49. The Labute approximate surface area is 201 Å². The van der Waals surface area contributed by atoms with Crippen LogP contribution in [0.15, 0.2) is 36.7 Å². The first-order valence-electron chi connectivity index (χ1n) is 13.2. The van der Waals surface area contributed by atoms with Crippen molar-refractivity contribution < 1.29 is 9.90 Å². The van der Waals surface area contributed by atoms with E-state index in [0.29, 0.717) is 0 Å². The molecule has 0 amide bonds. The fourth-order valence-corrected chi connectivity index (χ4v) is 4.47. The molecule has 0 saturated heterocycles. The second-order valence-corrected chi connectivity index (χ2v) is 9.49. The van der Waals surface area contributed by atoms with E-state index in [2.05, 4.69) is 23.8 Å². The summed E-state index contributed by atoms with van der Waals surface area (Å²) >= 11 is 0. The standard InChI is InChI=1S/C29H44N2O2/c1-4-6-8-10-12-14-16-27(29(32)33)23(3)25-17-19-26(20-18-25)28-30-21-24(22-31-28)15-13-11-9-7-5-2/h17-23,27H,4-16H2,1-3H3,(H,32,33). The highest BCUT2D eigenvalue weighted by Crippen LogP contribution is 2.30. The molecule has 1 aromatic heterocycles. The second-order valence-electron chi connectivity index (χ2n) is 9.49. The van der Waals surface area contributed by atoms with Crippen LogP contribution in [0.3, 0.4) is 0 Å². The van der Waals surface area contributed by atoms with E-state index in [9.17, 15) is 9.90 Å². The number of aliphatic carboxylic acids is 1. The van der Waals surface area contributed by atoms with E-state index in [1.807, 2.05) is 43.6 Å². The van der Waals surface area contributed by atoms with Crippen molar-refractivity contribution in [3.05, 3.63) is 47.8 Å². The molecule has 0 aliphatic rings. The SMILES string of the molecule is CCCCCCCCC(C(=O)O)C(C)c1ccc(-c2ncc(CCCCCCC)cn2)cc1. The molecule has 4 heteroatoms. The normalized spacial score (nSPS) is 13.1. The summed E-state index contributed by atoms with van der Waals surface area (Å²) < 4.78 is 0. The number of rotatable bonds is 17. The Kier molecular flexibility index (Phi) is 12.8. The van der Waals surface area contributed by atoms with Gasteiger partial charge in [-0.05, 0) is 36.3 Å². The molecule has 1 N–H and O–H groups in total. The summed E-state index contributed by atoms with van der Waals surface area (Å²) in [5.74, 6) is -0.308. The summed E-state index contributed by atoms with van der Waals surface area (Å²) in [7, 11) is 0. The molecule has 2 aromatic rings. The maximum atomic E-state index is 11.9. The maximum absolute atomic E-state index is 11.9. The number of carboxylic acid groups (broad SMARTS) is 1. The lowest BCUT2D eigenvalue weighted by atomic mass is 9.83. The van der Waals surface area contributed by atoms with Gasteiger partial charge in [0.05, 0.1) is 5.92 Å². The molecule has 2 atom stereocenters. The molecule has 2 unspecified atom stereocenters. The third-order valence-electron chi connectivity index (χ3n) is 6.76. The van der Waals surface area contributed by atoms with Gasteiger partial charge in [0.1, 0.15) is 0 Å². The fraction of sp³-hybridized carbons (Fsp3) is 0.621. The summed E-state index contributed by atoms with van der Waals surface area (Å²) in [6.07, 6.45) is 19.1. The highest BCUT2D eigenvalue weighted by Gasteiger charge is 2.25. The minimum atomic E-state index is -0.686. The smallest absolute Gasteiger partial charge is 0.307 e. The predicted octanol–water partition coefficient (Wildman–Crippen LogP) is 8.21. The summed E-state index contributed by atoms with van der Waals surface area (Å²) in [5, 5.41) is 9.79. The van der Waals surface area contributed by atoms with Crippen LogP contribution in [0.1, 0.15) is 115 Å². The van der Waals surface area contributed by atoms with Gasteiger partial charge in [0, 0.05) is 18.0 Å². The zero-order valence-electron chi connectivity index (χ0n) is 21.1. The van der Waals surface area contributed by atoms with E-state index in [-0.39, 0.29) is 11.8 Å². The molecule has 1 heterocycles. The third kappa shape index (κ3) is 9.65. The average molecular weight is 453 g/mol. The molecule has 0 aliphatic carbocycles. The molecule has 0 aliphatic heterocycles. The van der Waals surface area contributed by atoms with Gasteiger partial charge in [0.15, 0.2) is 5.82 Å². The minimum absolute atomic E-state index is 0.0109. The Morgan fingerprint density at radius 1 is 0.818 bits per heavy atom. The molecule has 182 valence electrons. The number of nitrogens with zero attached hydrogens (tertiary/aromatic N) is 2. The van der Waals surface area contributed by atoms with Crippen LogP contribution in [0.5, 0.6) is 0 Å². The number of unbranched alkanes of at least 4 members (excludes halogenated alkanes) is 9. The lowest BCUT2D eigenvalue weighted by Crippen LogP contribution is -2.20. The highest BCUT2D eigenvalue weighted by molar-refractivity contribution is 5.71. The monoisotopic (exact) mass is 452 g/mol. The minimum Gasteiger partial charge on any atom is -0.481 e. The molecule has 0 fully saturated rings. The van der Waals surface area contributed by atoms with Crippen molar-refractivity contribution in [2.75, 3.05) is 0 Å². The van der Waals surface area contributed by atoms with E-state index in [1.54, 1.807) is 0 Å². The predicted molar refractivity (Wildman–Crippen MR) is 137 cm³/mol. The van der Waals surface area contributed by atoms with Crippen LogP contribution in [0.2, 0.25) is 0 Å². The summed E-state index contributed by atoms with van der Waals surface area (Å²) in [6, 6.07) is 8.13. The quantitative estimate of drug-likeness (QED) is 0.246.